The Morgan fingerprint density at radius 2 is 0.584 bits per heavy atom. The van der Waals surface area contributed by atoms with Crippen LogP contribution in [0.15, 0.2) is 25.3 Å². The summed E-state index contributed by atoms with van der Waals surface area (Å²) in [5.41, 5.74) is 7.92. The van der Waals surface area contributed by atoms with Crippen molar-refractivity contribution < 1.29 is 19.7 Å². The van der Waals surface area contributed by atoms with Gasteiger partial charge in [-0.3, -0.25) is 0 Å². The molecule has 3 atom stereocenters. The van der Waals surface area contributed by atoms with Crippen LogP contribution in [0, 0.1) is 98.8 Å². The second-order valence-corrected chi connectivity index (χ2v) is 38.8. The Morgan fingerprint density at radius 1 is 0.354 bits per heavy atom. The van der Waals surface area contributed by atoms with Gasteiger partial charge in [-0.05, 0) is 294 Å². The molecule has 16 saturated carbocycles. The highest BCUT2D eigenvalue weighted by atomic mass is 19.1. The lowest BCUT2D eigenvalue weighted by molar-refractivity contribution is -0.0446. The fourth-order valence-electron chi connectivity index (χ4n) is 25.8. The quantitative estimate of drug-likeness (QED) is 0.0225. The molecule has 0 aromatic carbocycles. The van der Waals surface area contributed by atoms with E-state index in [1.54, 1.807) is 19.0 Å². The first-order valence-corrected chi connectivity index (χ1v) is 43.2. The maximum absolute atomic E-state index is 14.0. The van der Waals surface area contributed by atoms with Gasteiger partial charge in [0.2, 0.25) is 17.8 Å². The number of hydrogen-bond donors (Lipinski definition) is 10. The molecule has 0 radical (unpaired) electrons. The standard InChI is InChI=1S/C23H36N6O.2C21H32N6O.C19H26FN5.2CH4/c1-4-18(11-30)26-22-27-20(19-21(28-22)29(13-25-19)14(2)3)24-12-23-8-15-5-16(9-23)7-17(6-15)10-23;2*1-3-16(10-28)24-20-25-18(17-19(26-20)27(2)12-23-17)22-11-21-7-13-4-14(8-21)6-15(5-13)9-21;1-11(2)25-10-22-15-16(23-18(20)24-17(15)25)21-9-19-6-12-3-13(7-19)5-14(4-12)8-19;;/h13-18,30H,4-12H2,1-3H3,(H2,24,26,27,28);2*12-16,28H,3-11H2,1-2H3,(H2,22,24,25,26);10-14H,3-9H2,1-2H3,(H,21,23,24);2*1H4/t;13?,14?,15?,16-,21?;;;;/m.1..../s1. The summed E-state index contributed by atoms with van der Waals surface area (Å²) in [7, 11) is 3.91. The van der Waals surface area contributed by atoms with Crippen molar-refractivity contribution >= 4 is 85.8 Å². The third-order valence-electron chi connectivity index (χ3n) is 29.4. The van der Waals surface area contributed by atoms with Crippen LogP contribution in [0.3, 0.4) is 0 Å². The van der Waals surface area contributed by atoms with Crippen LogP contribution in [-0.2, 0) is 14.1 Å². The van der Waals surface area contributed by atoms with E-state index in [4.69, 9.17) is 19.9 Å². The Kier molecular flexibility index (Phi) is 23.6. The molecule has 10 N–H and O–H groups in total. The van der Waals surface area contributed by atoms with Gasteiger partial charge in [0.1, 0.15) is 0 Å². The Hall–Kier alpha value is -7.39. The Morgan fingerprint density at radius 3 is 0.832 bits per heavy atom. The number of aliphatic hydroxyl groups is 3. The highest BCUT2D eigenvalue weighted by Crippen LogP contribution is 2.64. The highest BCUT2D eigenvalue weighted by Gasteiger charge is 2.55. The molecule has 24 rings (SSSR count). The number of aryl methyl sites for hydroxylation is 2. The van der Waals surface area contributed by atoms with Crippen molar-refractivity contribution in [2.24, 2.45) is 107 Å². The van der Waals surface area contributed by atoms with Gasteiger partial charge in [0.15, 0.2) is 67.9 Å². The van der Waals surface area contributed by atoms with Crippen LogP contribution in [-0.4, -0.2) is 158 Å². The van der Waals surface area contributed by atoms with E-state index in [1.165, 1.54) is 154 Å². The molecule has 26 nitrogen and oxygen atoms in total. The first-order chi connectivity index (χ1) is 53.6. The third-order valence-corrected chi connectivity index (χ3v) is 29.4. The highest BCUT2D eigenvalue weighted by molar-refractivity contribution is 5.86. The van der Waals surface area contributed by atoms with Crippen LogP contribution < -0.4 is 37.2 Å². The van der Waals surface area contributed by atoms with Gasteiger partial charge in [-0.25, -0.2) is 19.9 Å². The van der Waals surface area contributed by atoms with Crippen LogP contribution in [0.2, 0.25) is 0 Å². The van der Waals surface area contributed by atoms with Crippen molar-refractivity contribution in [2.75, 3.05) is 83.2 Å². The summed E-state index contributed by atoms with van der Waals surface area (Å²) in [6.07, 6.45) is 42.7. The zero-order chi connectivity index (χ0) is 76.7. The molecule has 16 aliphatic rings. The lowest BCUT2D eigenvalue weighted by Gasteiger charge is -2.57. The van der Waals surface area contributed by atoms with Gasteiger partial charge >= 0.3 is 6.08 Å². The van der Waals surface area contributed by atoms with E-state index in [9.17, 15) is 19.7 Å². The van der Waals surface area contributed by atoms with Gasteiger partial charge < -0.3 is 70.8 Å². The Bertz CT molecular complexity index is 4290. The molecule has 0 amide bonds. The molecule has 8 aromatic rings. The number of anilines is 7. The van der Waals surface area contributed by atoms with E-state index in [-0.39, 0.29) is 64.9 Å². The van der Waals surface area contributed by atoms with Crippen molar-refractivity contribution in [1.82, 2.24) is 78.1 Å². The summed E-state index contributed by atoms with van der Waals surface area (Å²) in [6.45, 7) is 18.5. The molecular formula is C86H134FN23O3. The summed E-state index contributed by atoms with van der Waals surface area (Å²) in [4.78, 5) is 54.5. The predicted octanol–water partition coefficient (Wildman–Crippen LogP) is 16.0. The fraction of sp³-hybridized carbons (Fsp3) is 0.767. The maximum atomic E-state index is 14.0. The van der Waals surface area contributed by atoms with E-state index in [2.05, 4.69) is 102 Å². The Balaban J connectivity index is 0.000000118. The zero-order valence-corrected chi connectivity index (χ0v) is 67.5. The van der Waals surface area contributed by atoms with Crippen molar-refractivity contribution in [3.05, 3.63) is 31.4 Å². The summed E-state index contributed by atoms with van der Waals surface area (Å²) in [6, 6.07) is 0.334. The number of hydrogen-bond acceptors (Lipinski definition) is 22. The first-order valence-electron chi connectivity index (χ1n) is 43.2. The summed E-state index contributed by atoms with van der Waals surface area (Å²) in [5.74, 6) is 15.9. The SMILES string of the molecule is C.C.CC(C)n1cnc2c(NCC34CC5CC(CC(C5)C3)C4)nc(F)nc21.CCC(CO)Nc1nc(NCC23CC4CC(CC(C4)C2)C3)c2ncn(C(C)C)c2n1.CCC(CO)Nc1nc(NCC23CC4CC(CC(C4)C2)C3)c2ncn(C)c2n1.CC[C@H](CO)Nc1nc(NCC23CC4CC(CC(C4)C2)C3)c2ncn(C)c2n1. The molecule has 8 aromatic heterocycles. The van der Waals surface area contributed by atoms with Gasteiger partial charge in [0, 0.05) is 52.4 Å². The molecule has 0 saturated heterocycles. The van der Waals surface area contributed by atoms with Crippen molar-refractivity contribution in [1.29, 1.82) is 0 Å². The number of aromatic nitrogens is 16. The molecule has 16 fully saturated rings. The fourth-order valence-corrected chi connectivity index (χ4v) is 25.8. The zero-order valence-electron chi connectivity index (χ0n) is 67.5. The monoisotopic (exact) mass is 1560 g/mol. The van der Waals surface area contributed by atoms with Crippen molar-refractivity contribution in [3.8, 4) is 0 Å². The predicted molar refractivity (Wildman–Crippen MR) is 448 cm³/mol. The van der Waals surface area contributed by atoms with Crippen LogP contribution in [0.25, 0.3) is 44.7 Å². The lowest BCUT2D eigenvalue weighted by Crippen LogP contribution is -2.49. The number of imidazole rings is 4. The molecule has 113 heavy (non-hydrogen) atoms. The smallest absolute Gasteiger partial charge is 0.312 e. The number of aliphatic hydroxyl groups excluding tert-OH is 3. The lowest BCUT2D eigenvalue weighted by atomic mass is 9.49. The van der Waals surface area contributed by atoms with Crippen LogP contribution >= 0.6 is 0 Å². The maximum Gasteiger partial charge on any atom is 0.312 e. The topological polar surface area (TPSA) is 319 Å². The molecule has 0 spiro atoms. The van der Waals surface area contributed by atoms with Crippen LogP contribution in [0.5, 0.6) is 0 Å². The minimum atomic E-state index is -0.678. The van der Waals surface area contributed by atoms with Gasteiger partial charge in [0.05, 0.1) is 63.3 Å². The van der Waals surface area contributed by atoms with E-state index in [0.29, 0.717) is 56.5 Å². The third kappa shape index (κ3) is 16.7. The van der Waals surface area contributed by atoms with E-state index in [1.807, 2.05) is 61.8 Å². The summed E-state index contributed by atoms with van der Waals surface area (Å²) >= 11 is 0. The number of halogens is 1. The first kappa shape index (κ1) is 80.8. The molecule has 0 aliphatic heterocycles. The largest absolute Gasteiger partial charge is 0.394 e. The van der Waals surface area contributed by atoms with Crippen molar-refractivity contribution in [2.45, 2.75) is 267 Å². The number of fused-ring (bicyclic) bond motifs is 4. The summed E-state index contributed by atoms with van der Waals surface area (Å²) in [5, 5.41) is 53.1. The molecule has 16 aliphatic carbocycles. The second-order valence-electron chi connectivity index (χ2n) is 38.8. The van der Waals surface area contributed by atoms with Crippen molar-refractivity contribution in [3.63, 3.8) is 0 Å². The summed E-state index contributed by atoms with van der Waals surface area (Å²) < 4.78 is 21.9. The molecule has 16 bridgehead atoms. The molecule has 8 heterocycles. The van der Waals surface area contributed by atoms with Gasteiger partial charge in [-0.1, -0.05) is 35.6 Å². The van der Waals surface area contributed by atoms with E-state index in [0.717, 1.165) is 167 Å². The van der Waals surface area contributed by atoms with Crippen LogP contribution in [0.1, 0.15) is 249 Å². The minimum absolute atomic E-state index is 0. The molecule has 27 heteroatoms. The number of nitrogens with zero attached hydrogens (tertiary/aromatic N) is 16. The number of nitrogens with one attached hydrogen (secondary N) is 7. The second kappa shape index (κ2) is 33.0. The van der Waals surface area contributed by atoms with E-state index < -0.39 is 6.08 Å². The van der Waals surface area contributed by atoms with Gasteiger partial charge in [-0.15, -0.1) is 0 Å². The van der Waals surface area contributed by atoms with Gasteiger partial charge in [0.25, 0.3) is 0 Å². The molecule has 2 unspecified atom stereocenters. The Labute approximate surface area is 668 Å². The number of rotatable bonds is 26. The van der Waals surface area contributed by atoms with Gasteiger partial charge in [-0.2, -0.15) is 44.3 Å². The van der Waals surface area contributed by atoms with Crippen LogP contribution in [0.4, 0.5) is 45.5 Å². The van der Waals surface area contributed by atoms with E-state index >= 15 is 0 Å². The average molecular weight is 1560 g/mol. The molecular weight excluding hydrogens is 1420 g/mol. The normalized spacial score (nSPS) is 31.5. The minimum Gasteiger partial charge on any atom is -0.394 e. The average Bonchev–Trinajstić information content (AvgIpc) is 1.65. The molecule has 618 valence electrons.